The lowest BCUT2D eigenvalue weighted by Crippen LogP contribution is -2.26. The van der Waals surface area contributed by atoms with E-state index in [2.05, 4.69) is 10.3 Å². The zero-order chi connectivity index (χ0) is 13.0. The van der Waals surface area contributed by atoms with Crippen LogP contribution in [0.1, 0.15) is 24.4 Å². The maximum Gasteiger partial charge on any atom is 0.126 e. The lowest BCUT2D eigenvalue weighted by atomic mass is 10.0. The molecule has 96 valence electrons. The molecule has 0 aliphatic carbocycles. The third-order valence-corrected chi connectivity index (χ3v) is 3.00. The minimum atomic E-state index is -0.158. The Labute approximate surface area is 107 Å². The Bertz CT molecular complexity index is 507. The van der Waals surface area contributed by atoms with Crippen LogP contribution in [0.15, 0.2) is 36.7 Å². The Kier molecular flexibility index (Phi) is 4.10. The largest absolute Gasteiger partial charge is 0.337 e. The molecule has 18 heavy (non-hydrogen) atoms. The molecule has 1 atom stereocenters. The number of imidazole rings is 1. The highest BCUT2D eigenvalue weighted by atomic mass is 19.1. The highest BCUT2D eigenvalue weighted by Gasteiger charge is 2.16. The lowest BCUT2D eigenvalue weighted by Gasteiger charge is -2.18. The molecule has 0 aliphatic rings. The summed E-state index contributed by atoms with van der Waals surface area (Å²) in [5.74, 6) is 0.773. The van der Waals surface area contributed by atoms with Gasteiger partial charge in [-0.3, -0.25) is 0 Å². The van der Waals surface area contributed by atoms with Crippen molar-refractivity contribution in [2.75, 3.05) is 6.54 Å². The van der Waals surface area contributed by atoms with Crippen molar-refractivity contribution in [3.05, 3.63) is 53.9 Å². The molecular weight excluding hydrogens is 229 g/mol. The van der Waals surface area contributed by atoms with E-state index in [1.165, 1.54) is 6.07 Å². The maximum absolute atomic E-state index is 13.7. The van der Waals surface area contributed by atoms with Crippen LogP contribution in [0.5, 0.6) is 0 Å². The van der Waals surface area contributed by atoms with E-state index in [0.717, 1.165) is 12.4 Å². The van der Waals surface area contributed by atoms with Gasteiger partial charge in [0, 0.05) is 19.4 Å². The van der Waals surface area contributed by atoms with Gasteiger partial charge in [0.15, 0.2) is 0 Å². The number of hydrogen-bond donors (Lipinski definition) is 1. The van der Waals surface area contributed by atoms with Crippen molar-refractivity contribution in [1.29, 1.82) is 0 Å². The van der Waals surface area contributed by atoms with E-state index in [1.54, 1.807) is 12.3 Å². The van der Waals surface area contributed by atoms with Crippen LogP contribution in [0, 0.1) is 5.82 Å². The fourth-order valence-electron chi connectivity index (χ4n) is 2.10. The Morgan fingerprint density at radius 1 is 1.39 bits per heavy atom. The predicted molar refractivity (Wildman–Crippen MR) is 69.7 cm³/mol. The number of benzene rings is 1. The third kappa shape index (κ3) is 2.76. The number of likely N-dealkylation sites (N-methyl/N-ethyl adjacent to an activating group) is 1. The number of nitrogens with zero attached hydrogens (tertiary/aromatic N) is 2. The molecule has 0 saturated carbocycles. The Morgan fingerprint density at radius 3 is 2.78 bits per heavy atom. The first-order chi connectivity index (χ1) is 8.72. The van der Waals surface area contributed by atoms with Crippen LogP contribution >= 0.6 is 0 Å². The standard InChI is InChI=1S/C14H18FN3/c1-3-16-13(14-17-8-9-18(14)2)10-11-6-4-5-7-12(11)15/h4-9,13,16H,3,10H2,1-2H3. The molecule has 1 heterocycles. The van der Waals surface area contributed by atoms with Gasteiger partial charge in [0.2, 0.25) is 0 Å². The summed E-state index contributed by atoms with van der Waals surface area (Å²) in [5, 5.41) is 3.35. The van der Waals surface area contributed by atoms with Crippen LogP contribution in [0.2, 0.25) is 0 Å². The molecule has 3 nitrogen and oxygen atoms in total. The summed E-state index contributed by atoms with van der Waals surface area (Å²) in [5.41, 5.74) is 0.714. The van der Waals surface area contributed by atoms with E-state index in [1.807, 2.05) is 36.9 Å². The van der Waals surface area contributed by atoms with Crippen molar-refractivity contribution < 1.29 is 4.39 Å². The van der Waals surface area contributed by atoms with Crippen LogP contribution in [0.25, 0.3) is 0 Å². The lowest BCUT2D eigenvalue weighted by molar-refractivity contribution is 0.493. The van der Waals surface area contributed by atoms with Crippen molar-refractivity contribution in [1.82, 2.24) is 14.9 Å². The maximum atomic E-state index is 13.7. The van der Waals surface area contributed by atoms with Crippen LogP contribution in [0.4, 0.5) is 4.39 Å². The average Bonchev–Trinajstić information content (AvgIpc) is 2.78. The molecule has 0 spiro atoms. The van der Waals surface area contributed by atoms with E-state index in [0.29, 0.717) is 12.0 Å². The first-order valence-electron chi connectivity index (χ1n) is 6.16. The molecule has 0 bridgehead atoms. The molecule has 1 N–H and O–H groups in total. The minimum absolute atomic E-state index is 0.0342. The third-order valence-electron chi connectivity index (χ3n) is 3.00. The van der Waals surface area contributed by atoms with Gasteiger partial charge in [-0.2, -0.15) is 0 Å². The summed E-state index contributed by atoms with van der Waals surface area (Å²) in [6.45, 7) is 2.86. The van der Waals surface area contributed by atoms with Crippen LogP contribution in [-0.4, -0.2) is 16.1 Å². The molecule has 1 aromatic heterocycles. The van der Waals surface area contributed by atoms with Gasteiger partial charge >= 0.3 is 0 Å². The zero-order valence-corrected chi connectivity index (χ0v) is 10.7. The van der Waals surface area contributed by atoms with Gasteiger partial charge in [-0.1, -0.05) is 25.1 Å². The van der Waals surface area contributed by atoms with Gasteiger partial charge in [0.1, 0.15) is 11.6 Å². The topological polar surface area (TPSA) is 29.9 Å². The summed E-state index contributed by atoms with van der Waals surface area (Å²) >= 11 is 0. The first kappa shape index (κ1) is 12.8. The Balaban J connectivity index is 2.22. The smallest absolute Gasteiger partial charge is 0.126 e. The number of rotatable bonds is 5. The van der Waals surface area contributed by atoms with Crippen molar-refractivity contribution in [3.63, 3.8) is 0 Å². The van der Waals surface area contributed by atoms with Crippen LogP contribution < -0.4 is 5.32 Å². The van der Waals surface area contributed by atoms with E-state index in [9.17, 15) is 4.39 Å². The molecule has 2 rings (SSSR count). The fourth-order valence-corrected chi connectivity index (χ4v) is 2.10. The average molecular weight is 247 g/mol. The zero-order valence-electron chi connectivity index (χ0n) is 10.7. The Hall–Kier alpha value is -1.68. The van der Waals surface area contributed by atoms with E-state index in [-0.39, 0.29) is 11.9 Å². The number of aromatic nitrogens is 2. The minimum Gasteiger partial charge on any atom is -0.337 e. The quantitative estimate of drug-likeness (QED) is 0.879. The summed E-state index contributed by atoms with van der Waals surface area (Å²) < 4.78 is 15.6. The molecule has 0 radical (unpaired) electrons. The molecule has 0 saturated heterocycles. The summed E-state index contributed by atoms with van der Waals surface area (Å²) in [6, 6.07) is 6.92. The predicted octanol–water partition coefficient (Wildman–Crippen LogP) is 2.45. The van der Waals surface area contributed by atoms with Crippen molar-refractivity contribution in [2.45, 2.75) is 19.4 Å². The molecule has 0 fully saturated rings. The number of hydrogen-bond acceptors (Lipinski definition) is 2. The number of nitrogens with one attached hydrogen (secondary N) is 1. The highest BCUT2D eigenvalue weighted by molar-refractivity contribution is 5.20. The molecule has 1 aromatic carbocycles. The van der Waals surface area contributed by atoms with Gasteiger partial charge in [-0.05, 0) is 24.6 Å². The van der Waals surface area contributed by atoms with Gasteiger partial charge in [0.05, 0.1) is 6.04 Å². The van der Waals surface area contributed by atoms with E-state index in [4.69, 9.17) is 0 Å². The molecule has 4 heteroatoms. The van der Waals surface area contributed by atoms with Gasteiger partial charge in [-0.15, -0.1) is 0 Å². The molecule has 2 aromatic rings. The highest BCUT2D eigenvalue weighted by Crippen LogP contribution is 2.18. The molecule has 1 unspecified atom stereocenters. The first-order valence-corrected chi connectivity index (χ1v) is 6.16. The number of aryl methyl sites for hydroxylation is 1. The molecule has 0 aliphatic heterocycles. The van der Waals surface area contributed by atoms with Gasteiger partial charge < -0.3 is 9.88 Å². The van der Waals surface area contributed by atoms with E-state index < -0.39 is 0 Å². The van der Waals surface area contributed by atoms with Gasteiger partial charge in [-0.25, -0.2) is 9.37 Å². The second kappa shape index (κ2) is 5.78. The normalized spacial score (nSPS) is 12.6. The monoisotopic (exact) mass is 247 g/mol. The van der Waals surface area contributed by atoms with E-state index >= 15 is 0 Å². The summed E-state index contributed by atoms with van der Waals surface area (Å²) in [7, 11) is 1.95. The molecule has 0 amide bonds. The van der Waals surface area contributed by atoms with Crippen LogP contribution in [-0.2, 0) is 13.5 Å². The van der Waals surface area contributed by atoms with Crippen molar-refractivity contribution >= 4 is 0 Å². The summed E-state index contributed by atoms with van der Waals surface area (Å²) in [6.07, 6.45) is 4.27. The van der Waals surface area contributed by atoms with Crippen molar-refractivity contribution in [2.24, 2.45) is 7.05 Å². The Morgan fingerprint density at radius 2 is 2.17 bits per heavy atom. The summed E-state index contributed by atoms with van der Waals surface area (Å²) in [4.78, 5) is 4.34. The van der Waals surface area contributed by atoms with Crippen molar-refractivity contribution in [3.8, 4) is 0 Å². The fraction of sp³-hybridized carbons (Fsp3) is 0.357. The SMILES string of the molecule is CCNC(Cc1ccccc1F)c1nccn1C. The second-order valence-electron chi connectivity index (χ2n) is 4.30. The molecular formula is C14H18FN3. The van der Waals surface area contributed by atoms with Crippen LogP contribution in [0.3, 0.4) is 0 Å². The second-order valence-corrected chi connectivity index (χ2v) is 4.30. The number of halogens is 1. The van der Waals surface area contributed by atoms with Gasteiger partial charge in [0.25, 0.3) is 0 Å².